The van der Waals surface area contributed by atoms with Gasteiger partial charge in [0.1, 0.15) is 0 Å². The molecule has 0 saturated carbocycles. The fraction of sp³-hybridized carbons (Fsp3) is 0.480. The van der Waals surface area contributed by atoms with Crippen molar-refractivity contribution in [2.45, 2.75) is 32.1 Å². The van der Waals surface area contributed by atoms with E-state index in [1.54, 1.807) is 18.1 Å². The second-order valence-electron chi connectivity index (χ2n) is 8.21. The Bertz CT molecular complexity index is 846. The van der Waals surface area contributed by atoms with Crippen LogP contribution in [0.4, 0.5) is 0 Å². The van der Waals surface area contributed by atoms with Crippen LogP contribution >= 0.6 is 24.0 Å². The lowest BCUT2D eigenvalue weighted by Gasteiger charge is -2.40. The highest BCUT2D eigenvalue weighted by Crippen LogP contribution is 2.34. The number of carbonyl (C=O) groups excluding carboxylic acids is 1. The monoisotopic (exact) mass is 549 g/mol. The average molecular weight is 550 g/mol. The van der Waals surface area contributed by atoms with Crippen LogP contribution in [0.25, 0.3) is 0 Å². The zero-order chi connectivity index (χ0) is 22.1. The largest absolute Gasteiger partial charge is 0.347 e. The summed E-state index contributed by atoms with van der Waals surface area (Å²) in [4.78, 5) is 25.4. The molecule has 0 radical (unpaired) electrons. The van der Waals surface area contributed by atoms with Gasteiger partial charge in [0, 0.05) is 52.0 Å². The van der Waals surface area contributed by atoms with Crippen molar-refractivity contribution in [2.24, 2.45) is 10.9 Å². The van der Waals surface area contributed by atoms with E-state index in [9.17, 15) is 4.79 Å². The van der Waals surface area contributed by atoms with Crippen molar-refractivity contribution in [1.29, 1.82) is 0 Å². The number of amides is 1. The number of piperidine rings is 1. The summed E-state index contributed by atoms with van der Waals surface area (Å²) < 4.78 is 0. The molecular formula is C25H36IN5O. The quantitative estimate of drug-likeness (QED) is 0.325. The first-order valence-corrected chi connectivity index (χ1v) is 11.3. The molecule has 0 aliphatic carbocycles. The minimum Gasteiger partial charge on any atom is -0.347 e. The van der Waals surface area contributed by atoms with Crippen molar-refractivity contribution >= 4 is 35.8 Å². The summed E-state index contributed by atoms with van der Waals surface area (Å²) in [5.41, 5.74) is 2.43. The molecule has 1 N–H and O–H groups in total. The molecule has 0 bridgehead atoms. The summed E-state index contributed by atoms with van der Waals surface area (Å²) in [5.74, 6) is 2.03. The number of aliphatic imine (C=N–C) groups is 1. The zero-order valence-corrected chi connectivity index (χ0v) is 21.7. The Morgan fingerprint density at radius 2 is 1.97 bits per heavy atom. The van der Waals surface area contributed by atoms with E-state index in [-0.39, 0.29) is 36.4 Å². The number of guanidine groups is 1. The summed E-state index contributed by atoms with van der Waals surface area (Å²) in [5, 5.41) is 3.29. The van der Waals surface area contributed by atoms with E-state index in [1.165, 1.54) is 5.56 Å². The third-order valence-corrected chi connectivity index (χ3v) is 6.25. The average Bonchev–Trinajstić information content (AvgIpc) is 2.83. The number of aromatic nitrogens is 1. The molecule has 1 aromatic heterocycles. The van der Waals surface area contributed by atoms with E-state index in [4.69, 9.17) is 0 Å². The minimum atomic E-state index is 0. The van der Waals surface area contributed by atoms with Gasteiger partial charge in [0.25, 0.3) is 0 Å². The molecule has 3 rings (SSSR count). The molecule has 2 atom stereocenters. The number of halogens is 1. The second kappa shape index (κ2) is 13.4. The van der Waals surface area contributed by atoms with Crippen molar-refractivity contribution in [3.8, 4) is 0 Å². The van der Waals surface area contributed by atoms with Crippen LogP contribution in [0.15, 0.2) is 59.7 Å². The highest BCUT2D eigenvalue weighted by atomic mass is 127. The Hall–Kier alpha value is -2.16. The first-order valence-electron chi connectivity index (χ1n) is 11.3. The molecule has 1 saturated heterocycles. The van der Waals surface area contributed by atoms with Gasteiger partial charge in [-0.3, -0.25) is 14.8 Å². The Labute approximate surface area is 209 Å². The maximum absolute atomic E-state index is 12.6. The van der Waals surface area contributed by atoms with Gasteiger partial charge in [-0.25, -0.2) is 0 Å². The summed E-state index contributed by atoms with van der Waals surface area (Å²) >= 11 is 0. The third kappa shape index (κ3) is 7.18. The van der Waals surface area contributed by atoms with E-state index in [0.717, 1.165) is 44.0 Å². The fourth-order valence-corrected chi connectivity index (χ4v) is 4.35. The van der Waals surface area contributed by atoms with Crippen LogP contribution in [0.3, 0.4) is 0 Å². The molecule has 0 spiro atoms. The number of likely N-dealkylation sites (N-methyl/N-ethyl adjacent to an activating group) is 1. The highest BCUT2D eigenvalue weighted by molar-refractivity contribution is 14.0. The van der Waals surface area contributed by atoms with Crippen molar-refractivity contribution in [2.75, 3.05) is 40.3 Å². The van der Waals surface area contributed by atoms with E-state index >= 15 is 0 Å². The molecule has 7 heteroatoms. The van der Waals surface area contributed by atoms with Gasteiger partial charge < -0.3 is 15.1 Å². The number of benzene rings is 1. The Balaban J connectivity index is 0.00000363. The maximum atomic E-state index is 12.6. The van der Waals surface area contributed by atoms with Crippen LogP contribution in [0.1, 0.15) is 36.9 Å². The van der Waals surface area contributed by atoms with Crippen LogP contribution in [0, 0.1) is 5.92 Å². The van der Waals surface area contributed by atoms with Crippen LogP contribution in [0.2, 0.25) is 0 Å². The van der Waals surface area contributed by atoms with E-state index in [1.807, 2.05) is 25.2 Å². The third-order valence-electron chi connectivity index (χ3n) is 6.25. The lowest BCUT2D eigenvalue weighted by atomic mass is 9.79. The van der Waals surface area contributed by atoms with E-state index in [0.29, 0.717) is 18.4 Å². The molecule has 1 aromatic carbocycles. The van der Waals surface area contributed by atoms with Gasteiger partial charge in [0.15, 0.2) is 5.96 Å². The molecule has 174 valence electrons. The lowest BCUT2D eigenvalue weighted by Crippen LogP contribution is -2.50. The molecule has 2 aromatic rings. The predicted molar refractivity (Wildman–Crippen MR) is 142 cm³/mol. The van der Waals surface area contributed by atoms with Crippen molar-refractivity contribution in [3.05, 3.63) is 66.0 Å². The molecule has 2 heterocycles. The zero-order valence-electron chi connectivity index (χ0n) is 19.4. The Morgan fingerprint density at radius 3 is 2.62 bits per heavy atom. The molecule has 1 fully saturated rings. The maximum Gasteiger partial charge on any atom is 0.241 e. The number of hydrogen-bond donors (Lipinski definition) is 1. The number of nitrogens with one attached hydrogen (secondary N) is 1. The number of rotatable bonds is 7. The molecule has 32 heavy (non-hydrogen) atoms. The SMILES string of the molecule is CCC1CN(C(=NC)NCC(=O)N(C)CCc2ccccn2)CCC1c1ccccc1.I. The number of pyridine rings is 1. The van der Waals surface area contributed by atoms with Gasteiger partial charge in [-0.05, 0) is 36.0 Å². The van der Waals surface area contributed by atoms with Crippen LogP contribution in [-0.4, -0.2) is 66.9 Å². The highest BCUT2D eigenvalue weighted by Gasteiger charge is 2.30. The van der Waals surface area contributed by atoms with Crippen molar-refractivity contribution in [1.82, 2.24) is 20.1 Å². The fourth-order valence-electron chi connectivity index (χ4n) is 4.35. The van der Waals surface area contributed by atoms with Gasteiger partial charge >= 0.3 is 0 Å². The van der Waals surface area contributed by atoms with Crippen LogP contribution < -0.4 is 5.32 Å². The molecule has 2 unspecified atom stereocenters. The van der Waals surface area contributed by atoms with Gasteiger partial charge in [-0.1, -0.05) is 49.7 Å². The second-order valence-corrected chi connectivity index (χ2v) is 8.21. The predicted octanol–water partition coefficient (Wildman–Crippen LogP) is 3.79. The molecule has 6 nitrogen and oxygen atoms in total. The topological polar surface area (TPSA) is 60.8 Å². The summed E-state index contributed by atoms with van der Waals surface area (Å²) in [7, 11) is 3.63. The Morgan fingerprint density at radius 1 is 1.22 bits per heavy atom. The lowest BCUT2D eigenvalue weighted by molar-refractivity contribution is -0.128. The van der Waals surface area contributed by atoms with E-state index in [2.05, 4.69) is 57.4 Å². The van der Waals surface area contributed by atoms with Gasteiger partial charge in [0.05, 0.1) is 6.54 Å². The summed E-state index contributed by atoms with van der Waals surface area (Å²) in [6, 6.07) is 16.7. The van der Waals surface area contributed by atoms with Crippen LogP contribution in [-0.2, 0) is 11.2 Å². The summed E-state index contributed by atoms with van der Waals surface area (Å²) in [6.07, 6.45) is 4.76. The van der Waals surface area contributed by atoms with Crippen molar-refractivity contribution < 1.29 is 4.79 Å². The summed E-state index contributed by atoms with van der Waals surface area (Å²) in [6.45, 7) is 5.07. The first-order chi connectivity index (χ1) is 15.1. The number of hydrogen-bond acceptors (Lipinski definition) is 3. The smallest absolute Gasteiger partial charge is 0.241 e. The standard InChI is InChI=1S/C25H35N5O.HI/c1-4-20-19-30(17-14-23(20)21-10-6-5-7-11-21)25(26-2)28-18-24(31)29(3)16-13-22-12-8-9-15-27-22;/h5-12,15,20,23H,4,13-14,16-19H2,1-3H3,(H,26,28);1H. The molecule has 1 aliphatic rings. The minimum absolute atomic E-state index is 0. The van der Waals surface area contributed by atoms with E-state index < -0.39 is 0 Å². The molecule has 1 amide bonds. The van der Waals surface area contributed by atoms with Crippen molar-refractivity contribution in [3.63, 3.8) is 0 Å². The first kappa shape index (κ1) is 26.1. The normalized spacial score (nSPS) is 18.6. The molecule has 1 aliphatic heterocycles. The van der Waals surface area contributed by atoms with Crippen LogP contribution in [0.5, 0.6) is 0 Å². The number of carbonyl (C=O) groups is 1. The molecular weight excluding hydrogens is 513 g/mol. The van der Waals surface area contributed by atoms with Gasteiger partial charge in [-0.15, -0.1) is 24.0 Å². The van der Waals surface area contributed by atoms with Gasteiger partial charge in [0.2, 0.25) is 5.91 Å². The number of likely N-dealkylation sites (tertiary alicyclic amines) is 1. The Kier molecular flexibility index (Phi) is 10.9. The van der Waals surface area contributed by atoms with Gasteiger partial charge in [-0.2, -0.15) is 0 Å². The number of nitrogens with zero attached hydrogens (tertiary/aromatic N) is 4.